The molecule has 0 aliphatic carbocycles. The van der Waals surface area contributed by atoms with Crippen LogP contribution in [0.5, 0.6) is 11.5 Å². The summed E-state index contributed by atoms with van der Waals surface area (Å²) in [5.74, 6) is 0.870. The van der Waals surface area contributed by atoms with Gasteiger partial charge in [0.05, 0.1) is 25.8 Å². The highest BCUT2D eigenvalue weighted by Gasteiger charge is 2.29. The molecule has 0 spiro atoms. The molecule has 1 N–H and O–H groups in total. The lowest BCUT2D eigenvalue weighted by atomic mass is 9.97. The van der Waals surface area contributed by atoms with Gasteiger partial charge in [0.25, 0.3) is 0 Å². The first kappa shape index (κ1) is 17.9. The van der Waals surface area contributed by atoms with Crippen molar-refractivity contribution in [1.29, 1.82) is 0 Å². The predicted molar refractivity (Wildman–Crippen MR) is 91.6 cm³/mol. The molecule has 0 unspecified atom stereocenters. The quantitative estimate of drug-likeness (QED) is 0.914. The molecule has 1 aliphatic heterocycles. The second-order valence-corrected chi connectivity index (χ2v) is 6.02. The maximum Gasteiger partial charge on any atom is 0.319 e. The van der Waals surface area contributed by atoms with Crippen molar-refractivity contribution < 1.29 is 19.1 Å². The van der Waals surface area contributed by atoms with E-state index in [1.54, 1.807) is 51.4 Å². The van der Waals surface area contributed by atoms with E-state index in [0.717, 1.165) is 12.8 Å². The van der Waals surface area contributed by atoms with Gasteiger partial charge in [-0.15, -0.1) is 0 Å². The van der Waals surface area contributed by atoms with Crippen LogP contribution in [-0.4, -0.2) is 63.1 Å². The molecular weight excluding hydrogens is 310 g/mol. The van der Waals surface area contributed by atoms with Crippen LogP contribution in [0.1, 0.15) is 12.8 Å². The zero-order chi connectivity index (χ0) is 17.7. The maximum atomic E-state index is 12.6. The highest BCUT2D eigenvalue weighted by Crippen LogP contribution is 2.30. The van der Waals surface area contributed by atoms with Crippen molar-refractivity contribution in [2.45, 2.75) is 12.8 Å². The number of methoxy groups -OCH3 is 2. The second-order valence-electron chi connectivity index (χ2n) is 6.02. The topological polar surface area (TPSA) is 71.1 Å². The van der Waals surface area contributed by atoms with Crippen LogP contribution in [0.3, 0.4) is 0 Å². The number of urea groups is 1. The Labute approximate surface area is 142 Å². The van der Waals surface area contributed by atoms with E-state index in [1.165, 1.54) is 4.90 Å². The van der Waals surface area contributed by atoms with Gasteiger partial charge in [-0.05, 0) is 25.0 Å². The lowest BCUT2D eigenvalue weighted by Gasteiger charge is -2.33. The van der Waals surface area contributed by atoms with Crippen LogP contribution in [0.2, 0.25) is 0 Å². The van der Waals surface area contributed by atoms with E-state index in [0.29, 0.717) is 30.3 Å². The van der Waals surface area contributed by atoms with E-state index in [2.05, 4.69) is 5.32 Å². The third-order valence-corrected chi connectivity index (χ3v) is 4.11. The van der Waals surface area contributed by atoms with Gasteiger partial charge in [-0.3, -0.25) is 4.79 Å². The fourth-order valence-corrected chi connectivity index (χ4v) is 2.78. The van der Waals surface area contributed by atoms with E-state index in [1.807, 2.05) is 0 Å². The van der Waals surface area contributed by atoms with E-state index >= 15 is 0 Å². The number of carbonyl (C=O) groups excluding carboxylic acids is 2. The van der Waals surface area contributed by atoms with Crippen LogP contribution >= 0.6 is 0 Å². The summed E-state index contributed by atoms with van der Waals surface area (Å²) in [7, 11) is 6.55. The SMILES string of the molecule is COc1ccc(NC(=O)[C@@H]2CCCN(C(=O)N(C)C)C2)c(OC)c1. The number of hydrogen-bond donors (Lipinski definition) is 1. The first-order chi connectivity index (χ1) is 11.5. The van der Waals surface area contributed by atoms with Gasteiger partial charge in [-0.25, -0.2) is 4.79 Å². The van der Waals surface area contributed by atoms with Crippen LogP contribution < -0.4 is 14.8 Å². The van der Waals surface area contributed by atoms with E-state index in [9.17, 15) is 9.59 Å². The monoisotopic (exact) mass is 335 g/mol. The Morgan fingerprint density at radius 3 is 2.62 bits per heavy atom. The molecule has 1 heterocycles. The first-order valence-corrected chi connectivity index (χ1v) is 7.95. The number of nitrogens with one attached hydrogen (secondary N) is 1. The van der Waals surface area contributed by atoms with Crippen LogP contribution in [0.25, 0.3) is 0 Å². The average molecular weight is 335 g/mol. The second kappa shape index (κ2) is 7.90. The molecular formula is C17H25N3O4. The van der Waals surface area contributed by atoms with Crippen LogP contribution in [0.15, 0.2) is 18.2 Å². The summed E-state index contributed by atoms with van der Waals surface area (Å²) in [5, 5.41) is 2.90. The number of hydrogen-bond acceptors (Lipinski definition) is 4. The van der Waals surface area contributed by atoms with Crippen LogP contribution in [0, 0.1) is 5.92 Å². The van der Waals surface area contributed by atoms with Crippen LogP contribution in [0.4, 0.5) is 10.5 Å². The predicted octanol–water partition coefficient (Wildman–Crippen LogP) is 2.04. The molecule has 1 aliphatic rings. The standard InChI is InChI=1S/C17H25N3O4/c1-19(2)17(22)20-9-5-6-12(11-20)16(21)18-14-8-7-13(23-3)10-15(14)24-4/h7-8,10,12H,5-6,9,11H2,1-4H3,(H,18,21)/t12-/m1/s1. The molecule has 7 heteroatoms. The summed E-state index contributed by atoms with van der Waals surface area (Å²) in [5.41, 5.74) is 0.597. The van der Waals surface area contributed by atoms with Crippen LogP contribution in [-0.2, 0) is 4.79 Å². The number of carbonyl (C=O) groups is 2. The largest absolute Gasteiger partial charge is 0.497 e. The third kappa shape index (κ3) is 4.10. The molecule has 0 saturated carbocycles. The van der Waals surface area contributed by atoms with Gasteiger partial charge in [0, 0.05) is 33.3 Å². The van der Waals surface area contributed by atoms with Gasteiger partial charge in [0.15, 0.2) is 0 Å². The fourth-order valence-electron chi connectivity index (χ4n) is 2.78. The zero-order valence-electron chi connectivity index (χ0n) is 14.7. The molecule has 0 aromatic heterocycles. The first-order valence-electron chi connectivity index (χ1n) is 7.95. The number of anilines is 1. The molecule has 1 aromatic carbocycles. The van der Waals surface area contributed by atoms with Crippen molar-refractivity contribution in [2.24, 2.45) is 5.92 Å². The summed E-state index contributed by atoms with van der Waals surface area (Å²) in [6, 6.07) is 5.18. The van der Waals surface area contributed by atoms with Crippen molar-refractivity contribution in [3.05, 3.63) is 18.2 Å². The number of nitrogens with zero attached hydrogens (tertiary/aromatic N) is 2. The molecule has 0 bridgehead atoms. The van der Waals surface area contributed by atoms with Crippen molar-refractivity contribution >= 4 is 17.6 Å². The van der Waals surface area contributed by atoms with Gasteiger partial charge in [-0.1, -0.05) is 0 Å². The van der Waals surface area contributed by atoms with Gasteiger partial charge < -0.3 is 24.6 Å². The van der Waals surface area contributed by atoms with E-state index < -0.39 is 0 Å². The Morgan fingerprint density at radius 2 is 2.00 bits per heavy atom. The summed E-state index contributed by atoms with van der Waals surface area (Å²) in [6.07, 6.45) is 1.58. The normalized spacial score (nSPS) is 17.2. The summed E-state index contributed by atoms with van der Waals surface area (Å²) in [4.78, 5) is 27.9. The minimum Gasteiger partial charge on any atom is -0.497 e. The minimum atomic E-state index is -0.227. The minimum absolute atomic E-state index is 0.0606. The number of benzene rings is 1. The number of rotatable bonds is 4. The summed E-state index contributed by atoms with van der Waals surface area (Å²) < 4.78 is 10.5. The molecule has 2 rings (SSSR count). The fraction of sp³-hybridized carbons (Fsp3) is 0.529. The summed E-state index contributed by atoms with van der Waals surface area (Å²) >= 11 is 0. The number of amides is 3. The number of likely N-dealkylation sites (tertiary alicyclic amines) is 1. The maximum absolute atomic E-state index is 12.6. The molecule has 3 amide bonds. The Balaban J connectivity index is 2.05. The molecule has 1 saturated heterocycles. The molecule has 1 aromatic rings. The van der Waals surface area contributed by atoms with Gasteiger partial charge in [0.2, 0.25) is 5.91 Å². The molecule has 1 atom stereocenters. The molecule has 0 radical (unpaired) electrons. The molecule has 24 heavy (non-hydrogen) atoms. The molecule has 7 nitrogen and oxygen atoms in total. The van der Waals surface area contributed by atoms with Crippen molar-refractivity contribution in [3.8, 4) is 11.5 Å². The highest BCUT2D eigenvalue weighted by atomic mass is 16.5. The summed E-state index contributed by atoms with van der Waals surface area (Å²) in [6.45, 7) is 1.12. The Hall–Kier alpha value is -2.44. The van der Waals surface area contributed by atoms with E-state index in [4.69, 9.17) is 9.47 Å². The smallest absolute Gasteiger partial charge is 0.319 e. The highest BCUT2D eigenvalue weighted by molar-refractivity contribution is 5.94. The number of piperidine rings is 1. The molecule has 132 valence electrons. The van der Waals surface area contributed by atoms with Gasteiger partial charge >= 0.3 is 6.03 Å². The number of ether oxygens (including phenoxy) is 2. The molecule has 1 fully saturated rings. The average Bonchev–Trinajstić information content (AvgIpc) is 2.61. The van der Waals surface area contributed by atoms with Crippen molar-refractivity contribution in [3.63, 3.8) is 0 Å². The van der Waals surface area contributed by atoms with E-state index in [-0.39, 0.29) is 17.9 Å². The lowest BCUT2D eigenvalue weighted by Crippen LogP contribution is -2.47. The van der Waals surface area contributed by atoms with Gasteiger partial charge in [-0.2, -0.15) is 0 Å². The Bertz CT molecular complexity index is 603. The Morgan fingerprint density at radius 1 is 1.25 bits per heavy atom. The zero-order valence-corrected chi connectivity index (χ0v) is 14.7. The lowest BCUT2D eigenvalue weighted by molar-refractivity contribution is -0.121. The third-order valence-electron chi connectivity index (χ3n) is 4.11. The van der Waals surface area contributed by atoms with Crippen molar-refractivity contribution in [2.75, 3.05) is 46.7 Å². The van der Waals surface area contributed by atoms with Gasteiger partial charge in [0.1, 0.15) is 11.5 Å². The van der Waals surface area contributed by atoms with Crippen molar-refractivity contribution in [1.82, 2.24) is 9.80 Å². The Kier molecular flexibility index (Phi) is 5.89.